The van der Waals surface area contributed by atoms with Gasteiger partial charge in [0.2, 0.25) is 0 Å². The minimum atomic E-state index is -0.285. The molecule has 1 aromatic carbocycles. The Morgan fingerprint density at radius 3 is 3.00 bits per heavy atom. The smallest absolute Gasteiger partial charge is 0.165 e. The molecule has 1 aliphatic rings. The molecule has 1 atom stereocenters. The maximum atomic E-state index is 13.6. The van der Waals surface area contributed by atoms with Gasteiger partial charge >= 0.3 is 0 Å². The summed E-state index contributed by atoms with van der Waals surface area (Å²) in [5, 5.41) is 4.33. The molecule has 0 saturated carbocycles. The second kappa shape index (κ2) is 7.59. The first kappa shape index (κ1) is 16.0. The van der Waals surface area contributed by atoms with Gasteiger partial charge in [-0.3, -0.25) is 9.58 Å². The predicted octanol–water partition coefficient (Wildman–Crippen LogP) is 3.33. The van der Waals surface area contributed by atoms with Gasteiger partial charge in [0.25, 0.3) is 0 Å². The summed E-state index contributed by atoms with van der Waals surface area (Å²) in [6.07, 6.45) is 6.36. The van der Waals surface area contributed by atoms with E-state index in [4.69, 9.17) is 4.74 Å². The molecule has 23 heavy (non-hydrogen) atoms. The zero-order valence-electron chi connectivity index (χ0n) is 13.6. The van der Waals surface area contributed by atoms with Crippen molar-refractivity contribution in [1.29, 1.82) is 0 Å². The Hall–Kier alpha value is -1.88. The minimum absolute atomic E-state index is 0.285. The SMILES string of the molecule is CCn1cc(CN2CCC[C@H](COc3ccccc3F)C2)cn1. The van der Waals surface area contributed by atoms with E-state index in [1.165, 1.54) is 11.6 Å². The standard InChI is InChI=1S/C18H24FN3O/c1-2-22-13-16(10-20-22)12-21-9-5-6-15(11-21)14-23-18-8-4-3-7-17(18)19/h3-4,7-8,10,13,15H,2,5-6,9,11-12,14H2,1H3/t15-/m0/s1. The maximum Gasteiger partial charge on any atom is 0.165 e. The van der Waals surface area contributed by atoms with E-state index in [1.807, 2.05) is 10.9 Å². The van der Waals surface area contributed by atoms with Crippen LogP contribution >= 0.6 is 0 Å². The number of halogens is 1. The first-order chi connectivity index (χ1) is 11.2. The second-order valence-corrected chi connectivity index (χ2v) is 6.19. The average molecular weight is 317 g/mol. The van der Waals surface area contributed by atoms with Crippen LogP contribution in [0.3, 0.4) is 0 Å². The number of ether oxygens (including phenoxy) is 1. The van der Waals surface area contributed by atoms with Crippen LogP contribution in [-0.4, -0.2) is 34.4 Å². The number of aromatic nitrogens is 2. The second-order valence-electron chi connectivity index (χ2n) is 6.19. The van der Waals surface area contributed by atoms with Gasteiger partial charge in [-0.25, -0.2) is 4.39 Å². The molecule has 3 rings (SSSR count). The molecule has 5 heteroatoms. The molecule has 2 aromatic rings. The zero-order chi connectivity index (χ0) is 16.1. The highest BCUT2D eigenvalue weighted by atomic mass is 19.1. The van der Waals surface area contributed by atoms with E-state index in [2.05, 4.69) is 23.1 Å². The largest absolute Gasteiger partial charge is 0.490 e. The molecule has 0 radical (unpaired) electrons. The van der Waals surface area contributed by atoms with Crippen LogP contribution in [0.15, 0.2) is 36.7 Å². The van der Waals surface area contributed by atoms with Gasteiger partial charge in [-0.05, 0) is 38.4 Å². The fraction of sp³-hybridized carbons (Fsp3) is 0.500. The number of nitrogens with zero attached hydrogens (tertiary/aromatic N) is 3. The van der Waals surface area contributed by atoms with Crippen molar-refractivity contribution in [2.45, 2.75) is 32.9 Å². The lowest BCUT2D eigenvalue weighted by atomic mass is 9.98. The summed E-state index contributed by atoms with van der Waals surface area (Å²) in [4.78, 5) is 2.44. The molecule has 1 saturated heterocycles. The minimum Gasteiger partial charge on any atom is -0.490 e. The van der Waals surface area contributed by atoms with Gasteiger partial charge in [0.15, 0.2) is 11.6 Å². The summed E-state index contributed by atoms with van der Waals surface area (Å²) in [6, 6.07) is 6.61. The van der Waals surface area contributed by atoms with Crippen molar-refractivity contribution in [3.63, 3.8) is 0 Å². The summed E-state index contributed by atoms with van der Waals surface area (Å²) in [5.74, 6) is 0.519. The first-order valence-electron chi connectivity index (χ1n) is 8.35. The predicted molar refractivity (Wildman–Crippen MR) is 87.8 cm³/mol. The van der Waals surface area contributed by atoms with Crippen molar-refractivity contribution in [2.75, 3.05) is 19.7 Å². The van der Waals surface area contributed by atoms with E-state index < -0.39 is 0 Å². The normalized spacial score (nSPS) is 19.0. The van der Waals surface area contributed by atoms with Gasteiger partial charge in [-0.2, -0.15) is 5.10 Å². The highest BCUT2D eigenvalue weighted by Crippen LogP contribution is 2.21. The Balaban J connectivity index is 1.51. The van der Waals surface area contributed by atoms with Gasteiger partial charge in [0.05, 0.1) is 12.8 Å². The molecular formula is C18H24FN3O. The Morgan fingerprint density at radius 1 is 1.35 bits per heavy atom. The maximum absolute atomic E-state index is 13.6. The number of hydrogen-bond acceptors (Lipinski definition) is 3. The molecular weight excluding hydrogens is 293 g/mol. The van der Waals surface area contributed by atoms with Crippen LogP contribution in [0.5, 0.6) is 5.75 Å². The van der Waals surface area contributed by atoms with Gasteiger partial charge in [-0.1, -0.05) is 12.1 Å². The summed E-state index contributed by atoms with van der Waals surface area (Å²) in [7, 11) is 0. The Morgan fingerprint density at radius 2 is 2.22 bits per heavy atom. The van der Waals surface area contributed by atoms with Crippen molar-refractivity contribution in [1.82, 2.24) is 14.7 Å². The number of benzene rings is 1. The van der Waals surface area contributed by atoms with Crippen LogP contribution in [0.4, 0.5) is 4.39 Å². The molecule has 4 nitrogen and oxygen atoms in total. The van der Waals surface area contributed by atoms with E-state index in [1.54, 1.807) is 18.2 Å². The van der Waals surface area contributed by atoms with Gasteiger partial charge in [-0.15, -0.1) is 0 Å². The van der Waals surface area contributed by atoms with Crippen molar-refractivity contribution in [3.05, 3.63) is 48.0 Å². The Kier molecular flexibility index (Phi) is 5.28. The lowest BCUT2D eigenvalue weighted by Crippen LogP contribution is -2.37. The highest BCUT2D eigenvalue weighted by Gasteiger charge is 2.21. The topological polar surface area (TPSA) is 30.3 Å². The number of rotatable bonds is 6. The lowest BCUT2D eigenvalue weighted by molar-refractivity contribution is 0.123. The number of hydrogen-bond donors (Lipinski definition) is 0. The molecule has 0 aliphatic carbocycles. The van der Waals surface area contributed by atoms with Gasteiger partial charge < -0.3 is 4.74 Å². The number of likely N-dealkylation sites (tertiary alicyclic amines) is 1. The molecule has 1 fully saturated rings. The quantitative estimate of drug-likeness (QED) is 0.818. The van der Waals surface area contributed by atoms with Crippen molar-refractivity contribution in [3.8, 4) is 5.75 Å². The molecule has 2 heterocycles. The molecule has 0 N–H and O–H groups in total. The van der Waals surface area contributed by atoms with Crippen molar-refractivity contribution < 1.29 is 9.13 Å². The zero-order valence-corrected chi connectivity index (χ0v) is 13.6. The van der Waals surface area contributed by atoms with Crippen LogP contribution in [0.25, 0.3) is 0 Å². The van der Waals surface area contributed by atoms with Crippen LogP contribution < -0.4 is 4.74 Å². The van der Waals surface area contributed by atoms with E-state index in [-0.39, 0.29) is 5.82 Å². The average Bonchev–Trinajstić information content (AvgIpc) is 3.02. The number of aryl methyl sites for hydroxylation is 1. The van der Waals surface area contributed by atoms with Crippen molar-refractivity contribution in [2.24, 2.45) is 5.92 Å². The third-order valence-corrected chi connectivity index (χ3v) is 4.33. The first-order valence-corrected chi connectivity index (χ1v) is 8.35. The van der Waals surface area contributed by atoms with E-state index in [0.29, 0.717) is 18.3 Å². The summed E-state index contributed by atoms with van der Waals surface area (Å²) in [6.45, 7) is 6.59. The van der Waals surface area contributed by atoms with Gasteiger partial charge in [0.1, 0.15) is 0 Å². The molecule has 0 bridgehead atoms. The fourth-order valence-electron chi connectivity index (χ4n) is 3.12. The van der Waals surface area contributed by atoms with Gasteiger partial charge in [0, 0.05) is 37.3 Å². The summed E-state index contributed by atoms with van der Waals surface area (Å²) < 4.78 is 21.2. The fourth-order valence-corrected chi connectivity index (χ4v) is 3.12. The number of piperidine rings is 1. The van der Waals surface area contributed by atoms with Crippen LogP contribution in [0.1, 0.15) is 25.3 Å². The summed E-state index contributed by atoms with van der Waals surface area (Å²) in [5.41, 5.74) is 1.25. The molecule has 0 spiro atoms. The highest BCUT2D eigenvalue weighted by molar-refractivity contribution is 5.23. The third-order valence-electron chi connectivity index (χ3n) is 4.33. The molecule has 0 amide bonds. The Labute approximate surface area is 136 Å². The van der Waals surface area contributed by atoms with E-state index in [9.17, 15) is 4.39 Å². The Bertz CT molecular complexity index is 628. The molecule has 1 aliphatic heterocycles. The van der Waals surface area contributed by atoms with E-state index in [0.717, 1.165) is 39.0 Å². The number of para-hydroxylation sites is 1. The van der Waals surface area contributed by atoms with Crippen LogP contribution in [0, 0.1) is 11.7 Å². The van der Waals surface area contributed by atoms with Crippen LogP contribution in [-0.2, 0) is 13.1 Å². The van der Waals surface area contributed by atoms with E-state index >= 15 is 0 Å². The monoisotopic (exact) mass is 317 g/mol. The molecule has 0 unspecified atom stereocenters. The molecule has 124 valence electrons. The third kappa shape index (κ3) is 4.32. The summed E-state index contributed by atoms with van der Waals surface area (Å²) >= 11 is 0. The molecule has 1 aromatic heterocycles. The lowest BCUT2D eigenvalue weighted by Gasteiger charge is -2.32. The van der Waals surface area contributed by atoms with Crippen molar-refractivity contribution >= 4 is 0 Å². The van der Waals surface area contributed by atoms with Crippen LogP contribution in [0.2, 0.25) is 0 Å².